The highest BCUT2D eigenvalue weighted by molar-refractivity contribution is 4.70. The summed E-state index contributed by atoms with van der Waals surface area (Å²) in [5, 5.41) is 3.41. The zero-order chi connectivity index (χ0) is 10.2. The summed E-state index contributed by atoms with van der Waals surface area (Å²) < 4.78 is 5.30. The number of nitrogens with one attached hydrogen (secondary N) is 1. The van der Waals surface area contributed by atoms with E-state index in [-0.39, 0.29) is 5.60 Å². The molecule has 2 heteroatoms. The monoisotopic (exact) mass is 187 g/mol. The van der Waals surface area contributed by atoms with Gasteiger partial charge in [0, 0.05) is 13.7 Å². The fourth-order valence-electron chi connectivity index (χ4n) is 1.14. The van der Waals surface area contributed by atoms with Gasteiger partial charge in [0.2, 0.25) is 0 Å². The third-order valence-electron chi connectivity index (χ3n) is 2.31. The molecule has 1 N–H and O–H groups in total. The first-order chi connectivity index (χ1) is 6.12. The van der Waals surface area contributed by atoms with Gasteiger partial charge in [-0.3, -0.25) is 0 Å². The van der Waals surface area contributed by atoms with E-state index in [1.807, 2.05) is 0 Å². The Labute approximate surface area is 83.1 Å². The molecule has 13 heavy (non-hydrogen) atoms. The van der Waals surface area contributed by atoms with Gasteiger partial charge < -0.3 is 10.1 Å². The van der Waals surface area contributed by atoms with Crippen molar-refractivity contribution >= 4 is 0 Å². The van der Waals surface area contributed by atoms with Crippen molar-refractivity contribution in [3.05, 3.63) is 0 Å². The van der Waals surface area contributed by atoms with Gasteiger partial charge in [-0.2, -0.15) is 0 Å². The van der Waals surface area contributed by atoms with Crippen molar-refractivity contribution in [2.75, 3.05) is 20.2 Å². The van der Waals surface area contributed by atoms with Crippen molar-refractivity contribution in [2.45, 2.75) is 52.1 Å². The van der Waals surface area contributed by atoms with Gasteiger partial charge in [-0.25, -0.2) is 0 Å². The molecule has 0 aliphatic heterocycles. The van der Waals surface area contributed by atoms with E-state index in [4.69, 9.17) is 4.74 Å². The standard InChI is InChI=1S/C11H25NO/c1-5-6-7-8-9-12-10-11(2,3)13-4/h12H,5-10H2,1-4H3. The zero-order valence-electron chi connectivity index (χ0n) is 9.65. The van der Waals surface area contributed by atoms with Crippen molar-refractivity contribution < 1.29 is 4.74 Å². The number of hydrogen-bond acceptors (Lipinski definition) is 2. The van der Waals surface area contributed by atoms with Crippen LogP contribution < -0.4 is 5.32 Å². The molecule has 0 atom stereocenters. The van der Waals surface area contributed by atoms with Crippen molar-refractivity contribution in [3.63, 3.8) is 0 Å². The van der Waals surface area contributed by atoms with Crippen molar-refractivity contribution in [1.29, 1.82) is 0 Å². The van der Waals surface area contributed by atoms with Crippen LogP contribution in [0.1, 0.15) is 46.5 Å². The summed E-state index contributed by atoms with van der Waals surface area (Å²) in [5.41, 5.74) is -0.0231. The van der Waals surface area contributed by atoms with Crippen LogP contribution in [0.15, 0.2) is 0 Å². The molecule has 0 heterocycles. The minimum atomic E-state index is -0.0231. The number of unbranched alkanes of at least 4 members (excludes halogenated alkanes) is 3. The molecule has 0 unspecified atom stereocenters. The maximum atomic E-state index is 5.30. The Morgan fingerprint density at radius 3 is 2.38 bits per heavy atom. The first-order valence-electron chi connectivity index (χ1n) is 5.38. The van der Waals surface area contributed by atoms with Crippen LogP contribution in [-0.2, 0) is 4.74 Å². The normalized spacial score (nSPS) is 12.0. The Kier molecular flexibility index (Phi) is 7.29. The second-order valence-corrected chi connectivity index (χ2v) is 4.20. The van der Waals surface area contributed by atoms with Crippen LogP contribution in [0.25, 0.3) is 0 Å². The second kappa shape index (κ2) is 7.34. The average Bonchev–Trinajstić information content (AvgIpc) is 2.11. The van der Waals surface area contributed by atoms with Crippen LogP contribution >= 0.6 is 0 Å². The molecular formula is C11H25NO. The highest BCUT2D eigenvalue weighted by Gasteiger charge is 2.14. The molecule has 0 saturated carbocycles. The number of rotatable bonds is 8. The lowest BCUT2D eigenvalue weighted by Crippen LogP contribution is -2.37. The van der Waals surface area contributed by atoms with E-state index in [0.717, 1.165) is 13.1 Å². The molecule has 0 aliphatic rings. The van der Waals surface area contributed by atoms with Crippen LogP contribution in [0, 0.1) is 0 Å². The average molecular weight is 187 g/mol. The lowest BCUT2D eigenvalue weighted by Gasteiger charge is -2.23. The summed E-state index contributed by atoms with van der Waals surface area (Å²) >= 11 is 0. The summed E-state index contributed by atoms with van der Waals surface area (Å²) in [6, 6.07) is 0. The zero-order valence-corrected chi connectivity index (χ0v) is 9.65. The third kappa shape index (κ3) is 8.26. The predicted molar refractivity (Wildman–Crippen MR) is 58.1 cm³/mol. The van der Waals surface area contributed by atoms with Gasteiger partial charge in [0.15, 0.2) is 0 Å². The Hall–Kier alpha value is -0.0800. The highest BCUT2D eigenvalue weighted by atomic mass is 16.5. The summed E-state index contributed by atoms with van der Waals surface area (Å²) in [6.45, 7) is 8.50. The fourth-order valence-corrected chi connectivity index (χ4v) is 1.14. The van der Waals surface area contributed by atoms with E-state index in [0.29, 0.717) is 0 Å². The second-order valence-electron chi connectivity index (χ2n) is 4.20. The number of ether oxygens (including phenoxy) is 1. The van der Waals surface area contributed by atoms with E-state index in [1.54, 1.807) is 7.11 Å². The van der Waals surface area contributed by atoms with E-state index < -0.39 is 0 Å². The third-order valence-corrected chi connectivity index (χ3v) is 2.31. The first kappa shape index (κ1) is 12.9. The van der Waals surface area contributed by atoms with E-state index in [2.05, 4.69) is 26.1 Å². The summed E-state index contributed by atoms with van der Waals surface area (Å²) in [7, 11) is 1.76. The minimum absolute atomic E-state index is 0.0231. The van der Waals surface area contributed by atoms with Crippen LogP contribution in [0.5, 0.6) is 0 Å². The molecule has 0 radical (unpaired) electrons. The molecule has 0 rings (SSSR count). The largest absolute Gasteiger partial charge is 0.377 e. The Morgan fingerprint density at radius 2 is 1.85 bits per heavy atom. The molecule has 0 bridgehead atoms. The van der Waals surface area contributed by atoms with E-state index >= 15 is 0 Å². The van der Waals surface area contributed by atoms with E-state index in [1.165, 1.54) is 25.7 Å². The molecule has 0 aliphatic carbocycles. The van der Waals surface area contributed by atoms with Crippen molar-refractivity contribution in [1.82, 2.24) is 5.32 Å². The number of hydrogen-bond donors (Lipinski definition) is 1. The molecule has 0 spiro atoms. The van der Waals surface area contributed by atoms with Crippen molar-refractivity contribution in [2.24, 2.45) is 0 Å². The van der Waals surface area contributed by atoms with Gasteiger partial charge >= 0.3 is 0 Å². The van der Waals surface area contributed by atoms with Gasteiger partial charge in [-0.05, 0) is 26.8 Å². The molecular weight excluding hydrogens is 162 g/mol. The van der Waals surface area contributed by atoms with Crippen LogP contribution in [-0.4, -0.2) is 25.8 Å². The summed E-state index contributed by atoms with van der Waals surface area (Å²) in [4.78, 5) is 0. The maximum Gasteiger partial charge on any atom is 0.0746 e. The maximum absolute atomic E-state index is 5.30. The van der Waals surface area contributed by atoms with Gasteiger partial charge in [0.05, 0.1) is 5.60 Å². The quantitative estimate of drug-likeness (QED) is 0.590. The fraction of sp³-hybridized carbons (Fsp3) is 1.00. The van der Waals surface area contributed by atoms with E-state index in [9.17, 15) is 0 Å². The summed E-state index contributed by atoms with van der Waals surface area (Å²) in [5.74, 6) is 0. The number of methoxy groups -OCH3 is 1. The molecule has 0 amide bonds. The SMILES string of the molecule is CCCCCCNCC(C)(C)OC. The molecule has 0 aromatic rings. The molecule has 0 aromatic heterocycles. The Balaban J connectivity index is 3.16. The lowest BCUT2D eigenvalue weighted by atomic mass is 10.1. The molecule has 0 aromatic carbocycles. The van der Waals surface area contributed by atoms with Gasteiger partial charge in [-0.1, -0.05) is 26.2 Å². The van der Waals surface area contributed by atoms with Crippen LogP contribution in [0.2, 0.25) is 0 Å². The molecule has 0 fully saturated rings. The van der Waals surface area contributed by atoms with Crippen LogP contribution in [0.3, 0.4) is 0 Å². The molecule has 2 nitrogen and oxygen atoms in total. The molecule has 80 valence electrons. The van der Waals surface area contributed by atoms with Crippen LogP contribution in [0.4, 0.5) is 0 Å². The Morgan fingerprint density at radius 1 is 1.15 bits per heavy atom. The highest BCUT2D eigenvalue weighted by Crippen LogP contribution is 2.04. The topological polar surface area (TPSA) is 21.3 Å². The molecule has 0 saturated heterocycles. The first-order valence-corrected chi connectivity index (χ1v) is 5.38. The van der Waals surface area contributed by atoms with Crippen molar-refractivity contribution in [3.8, 4) is 0 Å². The lowest BCUT2D eigenvalue weighted by molar-refractivity contribution is 0.0234. The minimum Gasteiger partial charge on any atom is -0.377 e. The van der Waals surface area contributed by atoms with Gasteiger partial charge in [-0.15, -0.1) is 0 Å². The predicted octanol–water partition coefficient (Wildman–Crippen LogP) is 2.58. The summed E-state index contributed by atoms with van der Waals surface area (Å²) in [6.07, 6.45) is 5.30. The van der Waals surface area contributed by atoms with Gasteiger partial charge in [0.25, 0.3) is 0 Å². The Bertz CT molecular complexity index is 113. The smallest absolute Gasteiger partial charge is 0.0746 e. The van der Waals surface area contributed by atoms with Gasteiger partial charge in [0.1, 0.15) is 0 Å².